The van der Waals surface area contributed by atoms with Crippen LogP contribution in [0.15, 0.2) is 46.9 Å². The summed E-state index contributed by atoms with van der Waals surface area (Å²) in [6, 6.07) is 13.5. The van der Waals surface area contributed by atoms with E-state index in [1.165, 1.54) is 4.80 Å². The van der Waals surface area contributed by atoms with Gasteiger partial charge in [-0.1, -0.05) is 33.6 Å². The molecule has 5 nitrogen and oxygen atoms in total. The molecular formula is C17H15BrN4O. The van der Waals surface area contributed by atoms with Crippen molar-refractivity contribution in [3.05, 3.63) is 63.6 Å². The van der Waals surface area contributed by atoms with Crippen LogP contribution in [0, 0.1) is 13.8 Å². The van der Waals surface area contributed by atoms with Gasteiger partial charge in [-0.2, -0.15) is 4.80 Å². The van der Waals surface area contributed by atoms with Crippen molar-refractivity contribution in [1.29, 1.82) is 0 Å². The molecule has 0 saturated heterocycles. The normalized spacial score (nSPS) is 10.7. The highest BCUT2D eigenvalue weighted by molar-refractivity contribution is 9.10. The van der Waals surface area contributed by atoms with E-state index in [1.807, 2.05) is 56.3 Å². The average molecular weight is 371 g/mol. The van der Waals surface area contributed by atoms with E-state index >= 15 is 0 Å². The molecule has 3 rings (SSSR count). The van der Waals surface area contributed by atoms with Crippen molar-refractivity contribution in [2.24, 2.45) is 0 Å². The first-order valence-electron chi connectivity index (χ1n) is 7.17. The number of rotatable bonds is 4. The largest absolute Gasteiger partial charge is 0.292 e. The lowest BCUT2D eigenvalue weighted by molar-refractivity contribution is 0.0960. The van der Waals surface area contributed by atoms with Crippen LogP contribution in [0.25, 0.3) is 11.4 Å². The zero-order valence-electron chi connectivity index (χ0n) is 12.8. The zero-order valence-corrected chi connectivity index (χ0v) is 14.4. The van der Waals surface area contributed by atoms with E-state index in [9.17, 15) is 4.79 Å². The Morgan fingerprint density at radius 1 is 1.13 bits per heavy atom. The highest BCUT2D eigenvalue weighted by Gasteiger charge is 2.13. The summed E-state index contributed by atoms with van der Waals surface area (Å²) in [5.74, 6) is 0.484. The van der Waals surface area contributed by atoms with Crippen LogP contribution in [-0.4, -0.2) is 26.0 Å². The van der Waals surface area contributed by atoms with Crippen LogP contribution in [0.1, 0.15) is 21.5 Å². The van der Waals surface area contributed by atoms with E-state index in [4.69, 9.17) is 0 Å². The Hall–Kier alpha value is -2.34. The summed E-state index contributed by atoms with van der Waals surface area (Å²) >= 11 is 3.39. The van der Waals surface area contributed by atoms with E-state index in [0.29, 0.717) is 11.4 Å². The summed E-state index contributed by atoms with van der Waals surface area (Å²) in [5.41, 5.74) is 3.57. The Balaban J connectivity index is 1.80. The topological polar surface area (TPSA) is 60.7 Å². The predicted molar refractivity (Wildman–Crippen MR) is 91.2 cm³/mol. The van der Waals surface area contributed by atoms with Crippen molar-refractivity contribution in [2.45, 2.75) is 20.4 Å². The van der Waals surface area contributed by atoms with Gasteiger partial charge in [-0.25, -0.2) is 0 Å². The summed E-state index contributed by atoms with van der Waals surface area (Å²) < 4.78 is 0.985. The van der Waals surface area contributed by atoms with E-state index in [1.54, 1.807) is 0 Å². The van der Waals surface area contributed by atoms with Crippen LogP contribution in [-0.2, 0) is 6.54 Å². The molecule has 1 aromatic heterocycles. The Morgan fingerprint density at radius 2 is 1.87 bits per heavy atom. The Bertz CT molecular complexity index is 855. The highest BCUT2D eigenvalue weighted by Crippen LogP contribution is 2.17. The number of carbonyl (C=O) groups is 1. The van der Waals surface area contributed by atoms with E-state index < -0.39 is 0 Å². The molecule has 0 atom stereocenters. The minimum atomic E-state index is -0.0223. The van der Waals surface area contributed by atoms with Gasteiger partial charge in [-0.05, 0) is 55.0 Å². The van der Waals surface area contributed by atoms with Gasteiger partial charge in [0.1, 0.15) is 6.54 Å². The van der Waals surface area contributed by atoms with E-state index in [-0.39, 0.29) is 12.3 Å². The molecule has 0 amide bonds. The molecule has 0 bridgehead atoms. The summed E-state index contributed by atoms with van der Waals surface area (Å²) in [5, 5.41) is 12.3. The Kier molecular flexibility index (Phi) is 4.34. The number of carbonyl (C=O) groups excluding carboxylic acids is 1. The molecule has 6 heteroatoms. The summed E-state index contributed by atoms with van der Waals surface area (Å²) in [6.45, 7) is 3.97. The standard InChI is InChI=1S/C17H15BrN4O/c1-11-3-4-12(2)15(9-11)16(23)10-22-20-17(19-21-22)13-5-7-14(18)8-6-13/h3-9H,10H2,1-2H3. The maximum atomic E-state index is 12.4. The predicted octanol–water partition coefficient (Wildman–Crippen LogP) is 3.60. The number of halogens is 1. The van der Waals surface area contributed by atoms with Gasteiger partial charge in [0, 0.05) is 15.6 Å². The lowest BCUT2D eigenvalue weighted by Crippen LogP contribution is -2.14. The molecule has 23 heavy (non-hydrogen) atoms. The third-order valence-corrected chi connectivity index (χ3v) is 4.06. The molecule has 0 aliphatic rings. The molecular weight excluding hydrogens is 356 g/mol. The molecule has 1 heterocycles. The summed E-state index contributed by atoms with van der Waals surface area (Å²) in [6.07, 6.45) is 0. The fraction of sp³-hybridized carbons (Fsp3) is 0.176. The maximum absolute atomic E-state index is 12.4. The average Bonchev–Trinajstić information content (AvgIpc) is 2.99. The second-order valence-electron chi connectivity index (χ2n) is 5.39. The van der Waals surface area contributed by atoms with E-state index in [0.717, 1.165) is 21.2 Å². The minimum absolute atomic E-state index is 0.0223. The Labute approximate surface area is 142 Å². The lowest BCUT2D eigenvalue weighted by Gasteiger charge is -2.05. The molecule has 0 fully saturated rings. The van der Waals surface area contributed by atoms with Crippen LogP contribution in [0.2, 0.25) is 0 Å². The summed E-state index contributed by atoms with van der Waals surface area (Å²) in [4.78, 5) is 13.8. The smallest absolute Gasteiger partial charge is 0.204 e. The number of aromatic nitrogens is 4. The monoisotopic (exact) mass is 370 g/mol. The first-order valence-corrected chi connectivity index (χ1v) is 7.96. The molecule has 0 spiro atoms. The van der Waals surface area contributed by atoms with Gasteiger partial charge in [0.05, 0.1) is 0 Å². The van der Waals surface area contributed by atoms with Gasteiger partial charge in [0.25, 0.3) is 0 Å². The SMILES string of the molecule is Cc1ccc(C)c(C(=O)Cn2nnc(-c3ccc(Br)cc3)n2)c1. The van der Waals surface area contributed by atoms with Gasteiger partial charge >= 0.3 is 0 Å². The Morgan fingerprint density at radius 3 is 2.61 bits per heavy atom. The number of hydrogen-bond acceptors (Lipinski definition) is 4. The number of benzene rings is 2. The van der Waals surface area contributed by atoms with Crippen molar-refractivity contribution < 1.29 is 4.79 Å². The number of ketones is 1. The lowest BCUT2D eigenvalue weighted by atomic mass is 10.0. The van der Waals surface area contributed by atoms with E-state index in [2.05, 4.69) is 31.3 Å². The fourth-order valence-corrected chi connectivity index (χ4v) is 2.54. The third kappa shape index (κ3) is 3.53. The molecule has 0 N–H and O–H groups in total. The molecule has 0 radical (unpaired) electrons. The minimum Gasteiger partial charge on any atom is -0.292 e. The van der Waals surface area contributed by atoms with Crippen LogP contribution in [0.5, 0.6) is 0 Å². The number of nitrogens with zero attached hydrogens (tertiary/aromatic N) is 4. The molecule has 3 aromatic rings. The molecule has 0 unspecified atom stereocenters. The van der Waals surface area contributed by atoms with Crippen LogP contribution >= 0.6 is 15.9 Å². The molecule has 0 saturated carbocycles. The van der Waals surface area contributed by atoms with Crippen molar-refractivity contribution in [1.82, 2.24) is 20.2 Å². The maximum Gasteiger partial charge on any atom is 0.204 e. The first-order chi connectivity index (χ1) is 11.0. The van der Waals surface area contributed by atoms with Crippen LogP contribution in [0.4, 0.5) is 0 Å². The molecule has 116 valence electrons. The van der Waals surface area contributed by atoms with Crippen molar-refractivity contribution >= 4 is 21.7 Å². The number of hydrogen-bond donors (Lipinski definition) is 0. The highest BCUT2D eigenvalue weighted by atomic mass is 79.9. The van der Waals surface area contributed by atoms with Gasteiger partial charge < -0.3 is 0 Å². The van der Waals surface area contributed by atoms with Crippen molar-refractivity contribution in [3.63, 3.8) is 0 Å². The molecule has 0 aliphatic heterocycles. The fourth-order valence-electron chi connectivity index (χ4n) is 2.27. The quantitative estimate of drug-likeness (QED) is 0.658. The second-order valence-corrected chi connectivity index (χ2v) is 6.31. The van der Waals surface area contributed by atoms with Gasteiger partial charge in [0.2, 0.25) is 5.82 Å². The first kappa shape index (κ1) is 15.6. The van der Waals surface area contributed by atoms with Gasteiger partial charge in [-0.15, -0.1) is 10.2 Å². The van der Waals surface area contributed by atoms with Crippen LogP contribution < -0.4 is 0 Å². The van der Waals surface area contributed by atoms with Crippen molar-refractivity contribution in [2.75, 3.05) is 0 Å². The van der Waals surface area contributed by atoms with Crippen molar-refractivity contribution in [3.8, 4) is 11.4 Å². The van der Waals surface area contributed by atoms with Gasteiger partial charge in [0.15, 0.2) is 5.78 Å². The van der Waals surface area contributed by atoms with Gasteiger partial charge in [-0.3, -0.25) is 4.79 Å². The summed E-state index contributed by atoms with van der Waals surface area (Å²) in [7, 11) is 0. The zero-order chi connectivity index (χ0) is 16.4. The number of Topliss-reactive ketones (excluding diaryl/α,β-unsaturated/α-hetero) is 1. The second kappa shape index (κ2) is 6.42. The number of tetrazole rings is 1. The number of aryl methyl sites for hydroxylation is 2. The molecule has 0 aliphatic carbocycles. The third-order valence-electron chi connectivity index (χ3n) is 3.53. The van der Waals surface area contributed by atoms with Crippen LogP contribution in [0.3, 0.4) is 0 Å². The molecule has 2 aromatic carbocycles.